The number of carboxylic acids is 1. The van der Waals surface area contributed by atoms with Gasteiger partial charge in [-0.1, -0.05) is 13.8 Å². The Kier molecular flexibility index (Phi) is 10.6. The highest BCUT2D eigenvalue weighted by Crippen LogP contribution is 2.09. The van der Waals surface area contributed by atoms with E-state index >= 15 is 0 Å². The van der Waals surface area contributed by atoms with Crippen LogP contribution in [0.2, 0.25) is 0 Å². The maximum absolute atomic E-state index is 12.1. The molecule has 0 bridgehead atoms. The zero-order chi connectivity index (χ0) is 16.3. The van der Waals surface area contributed by atoms with Gasteiger partial charge in [-0.15, -0.1) is 0 Å². The van der Waals surface area contributed by atoms with Crippen molar-refractivity contribution in [3.63, 3.8) is 0 Å². The molecule has 1 atom stereocenters. The molecular formula is C14H28N2O5. The largest absolute Gasteiger partial charge is 0.481 e. The smallest absolute Gasteiger partial charge is 0.317 e. The van der Waals surface area contributed by atoms with Crippen LogP contribution in [-0.4, -0.2) is 69.1 Å². The molecule has 0 aromatic rings. The monoisotopic (exact) mass is 304 g/mol. The summed E-state index contributed by atoms with van der Waals surface area (Å²) >= 11 is 0. The summed E-state index contributed by atoms with van der Waals surface area (Å²) in [5, 5.41) is 11.8. The molecule has 2 N–H and O–H groups in total. The van der Waals surface area contributed by atoms with Crippen LogP contribution in [0, 0.1) is 11.8 Å². The maximum atomic E-state index is 12.1. The first kappa shape index (κ1) is 19.7. The fourth-order valence-corrected chi connectivity index (χ4v) is 1.83. The number of nitrogens with zero attached hydrogens (tertiary/aromatic N) is 1. The highest BCUT2D eigenvalue weighted by atomic mass is 16.5. The van der Waals surface area contributed by atoms with Crippen molar-refractivity contribution in [1.29, 1.82) is 0 Å². The molecule has 0 aliphatic rings. The molecule has 0 radical (unpaired) electrons. The number of urea groups is 1. The zero-order valence-electron chi connectivity index (χ0n) is 13.4. The third-order valence-electron chi connectivity index (χ3n) is 3.22. The second-order valence-electron chi connectivity index (χ2n) is 5.20. The Bertz CT molecular complexity index is 310. The van der Waals surface area contributed by atoms with Crippen molar-refractivity contribution in [3.05, 3.63) is 0 Å². The van der Waals surface area contributed by atoms with Gasteiger partial charge in [-0.05, 0) is 12.3 Å². The van der Waals surface area contributed by atoms with Crippen molar-refractivity contribution in [3.8, 4) is 0 Å². The fraction of sp³-hybridized carbons (Fsp3) is 0.857. The van der Waals surface area contributed by atoms with E-state index in [0.29, 0.717) is 26.3 Å². The van der Waals surface area contributed by atoms with E-state index in [1.54, 1.807) is 19.1 Å². The molecule has 0 aliphatic heterocycles. The normalized spacial score (nSPS) is 12.2. The molecule has 0 fully saturated rings. The lowest BCUT2D eigenvalue weighted by molar-refractivity contribution is -0.142. The Hall–Kier alpha value is -1.34. The van der Waals surface area contributed by atoms with Crippen LogP contribution in [0.4, 0.5) is 4.79 Å². The van der Waals surface area contributed by atoms with Gasteiger partial charge in [-0.3, -0.25) is 4.79 Å². The fourth-order valence-electron chi connectivity index (χ4n) is 1.83. The highest BCUT2D eigenvalue weighted by molar-refractivity contribution is 5.76. The molecule has 124 valence electrons. The van der Waals surface area contributed by atoms with Gasteiger partial charge in [0.25, 0.3) is 0 Å². The number of carbonyl (C=O) groups excluding carboxylic acids is 1. The average Bonchev–Trinajstić information content (AvgIpc) is 2.41. The number of methoxy groups -OCH3 is 2. The summed E-state index contributed by atoms with van der Waals surface area (Å²) < 4.78 is 9.95. The molecule has 0 spiro atoms. The highest BCUT2D eigenvalue weighted by Gasteiger charge is 2.23. The summed E-state index contributed by atoms with van der Waals surface area (Å²) in [4.78, 5) is 24.8. The van der Waals surface area contributed by atoms with Crippen LogP contribution in [0.5, 0.6) is 0 Å². The predicted molar refractivity (Wildman–Crippen MR) is 79.3 cm³/mol. The number of hydrogen-bond acceptors (Lipinski definition) is 4. The van der Waals surface area contributed by atoms with Gasteiger partial charge in [0.2, 0.25) is 0 Å². The van der Waals surface area contributed by atoms with Crippen LogP contribution in [0.1, 0.15) is 20.3 Å². The minimum Gasteiger partial charge on any atom is -0.481 e. The second-order valence-corrected chi connectivity index (χ2v) is 5.20. The van der Waals surface area contributed by atoms with Crippen molar-refractivity contribution >= 4 is 12.0 Å². The number of amides is 2. The Balaban J connectivity index is 4.39. The zero-order valence-corrected chi connectivity index (χ0v) is 13.4. The Morgan fingerprint density at radius 1 is 1.14 bits per heavy atom. The van der Waals surface area contributed by atoms with Crippen molar-refractivity contribution in [2.24, 2.45) is 11.8 Å². The van der Waals surface area contributed by atoms with E-state index < -0.39 is 11.9 Å². The van der Waals surface area contributed by atoms with E-state index in [9.17, 15) is 9.59 Å². The molecule has 2 amide bonds. The number of rotatable bonds is 11. The van der Waals surface area contributed by atoms with Crippen molar-refractivity contribution < 1.29 is 24.2 Å². The molecule has 0 saturated heterocycles. The summed E-state index contributed by atoms with van der Waals surface area (Å²) in [5.41, 5.74) is 0. The SMILES string of the molecule is COCCCN(CCOC)C(=O)NCC(C(=O)O)C(C)C. The van der Waals surface area contributed by atoms with E-state index in [1.165, 1.54) is 0 Å². The van der Waals surface area contributed by atoms with Gasteiger partial charge in [0.05, 0.1) is 12.5 Å². The van der Waals surface area contributed by atoms with Gasteiger partial charge in [0.15, 0.2) is 0 Å². The molecular weight excluding hydrogens is 276 g/mol. The van der Waals surface area contributed by atoms with Gasteiger partial charge in [-0.2, -0.15) is 0 Å². The summed E-state index contributed by atoms with van der Waals surface area (Å²) in [6.45, 7) is 5.79. The van der Waals surface area contributed by atoms with Crippen LogP contribution in [-0.2, 0) is 14.3 Å². The van der Waals surface area contributed by atoms with Crippen molar-refractivity contribution in [2.45, 2.75) is 20.3 Å². The van der Waals surface area contributed by atoms with Crippen molar-refractivity contribution in [1.82, 2.24) is 10.2 Å². The molecule has 0 aromatic heterocycles. The van der Waals surface area contributed by atoms with Crippen molar-refractivity contribution in [2.75, 3.05) is 47.1 Å². The Labute approximate surface area is 126 Å². The summed E-state index contributed by atoms with van der Waals surface area (Å²) in [6.07, 6.45) is 0.722. The topological polar surface area (TPSA) is 88.1 Å². The number of ether oxygens (including phenoxy) is 2. The first-order valence-corrected chi connectivity index (χ1v) is 7.17. The molecule has 0 aromatic carbocycles. The van der Waals surface area contributed by atoms with Gasteiger partial charge in [-0.25, -0.2) is 4.79 Å². The lowest BCUT2D eigenvalue weighted by atomic mass is 9.96. The van der Waals surface area contributed by atoms with Gasteiger partial charge >= 0.3 is 12.0 Å². The van der Waals surface area contributed by atoms with Crippen LogP contribution >= 0.6 is 0 Å². The lowest BCUT2D eigenvalue weighted by Crippen LogP contribution is -2.45. The van der Waals surface area contributed by atoms with Gasteiger partial charge in [0.1, 0.15) is 0 Å². The molecule has 0 saturated carbocycles. The van der Waals surface area contributed by atoms with Crippen LogP contribution in [0.15, 0.2) is 0 Å². The third-order valence-corrected chi connectivity index (χ3v) is 3.22. The number of aliphatic carboxylic acids is 1. The standard InChI is InChI=1S/C14H28N2O5/c1-11(2)12(13(17)18)10-15-14(19)16(7-9-21-4)6-5-8-20-3/h11-12H,5-10H2,1-4H3,(H,15,19)(H,17,18). The predicted octanol–water partition coefficient (Wildman–Crippen LogP) is 1.04. The molecule has 0 heterocycles. The average molecular weight is 304 g/mol. The maximum Gasteiger partial charge on any atom is 0.317 e. The van der Waals surface area contributed by atoms with Gasteiger partial charge in [0, 0.05) is 40.5 Å². The van der Waals surface area contributed by atoms with Crippen LogP contribution < -0.4 is 5.32 Å². The molecule has 0 aliphatic carbocycles. The minimum absolute atomic E-state index is 0.0382. The summed E-state index contributed by atoms with van der Waals surface area (Å²) in [7, 11) is 3.18. The van der Waals surface area contributed by atoms with E-state index in [-0.39, 0.29) is 18.5 Å². The molecule has 7 heteroatoms. The number of nitrogens with one attached hydrogen (secondary N) is 1. The summed E-state index contributed by atoms with van der Waals surface area (Å²) in [6, 6.07) is -0.268. The second kappa shape index (κ2) is 11.3. The van der Waals surface area contributed by atoms with Gasteiger partial charge < -0.3 is 24.8 Å². The van der Waals surface area contributed by atoms with E-state index in [2.05, 4.69) is 5.32 Å². The minimum atomic E-state index is -0.895. The number of hydrogen-bond donors (Lipinski definition) is 2. The number of carbonyl (C=O) groups is 2. The molecule has 0 rings (SSSR count). The Morgan fingerprint density at radius 3 is 2.24 bits per heavy atom. The summed E-state index contributed by atoms with van der Waals surface area (Å²) in [5.74, 6) is -1.52. The molecule has 1 unspecified atom stereocenters. The Morgan fingerprint density at radius 2 is 1.76 bits per heavy atom. The first-order chi connectivity index (χ1) is 9.93. The van der Waals surface area contributed by atoms with E-state index in [1.807, 2.05) is 13.8 Å². The first-order valence-electron chi connectivity index (χ1n) is 7.17. The van der Waals surface area contributed by atoms with E-state index in [4.69, 9.17) is 14.6 Å². The molecule has 7 nitrogen and oxygen atoms in total. The number of carboxylic acid groups (broad SMARTS) is 1. The molecule has 21 heavy (non-hydrogen) atoms. The third kappa shape index (κ3) is 8.52. The van der Waals surface area contributed by atoms with Crippen LogP contribution in [0.25, 0.3) is 0 Å². The van der Waals surface area contributed by atoms with E-state index in [0.717, 1.165) is 6.42 Å². The lowest BCUT2D eigenvalue weighted by Gasteiger charge is -2.24. The van der Waals surface area contributed by atoms with Crippen LogP contribution in [0.3, 0.4) is 0 Å². The quantitative estimate of drug-likeness (QED) is 0.557.